The third-order valence-corrected chi connectivity index (χ3v) is 4.51. The van der Waals surface area contributed by atoms with E-state index < -0.39 is 11.6 Å². The normalized spacial score (nSPS) is 22.8. The van der Waals surface area contributed by atoms with Crippen LogP contribution in [0.2, 0.25) is 0 Å². The number of urea groups is 1. The van der Waals surface area contributed by atoms with E-state index in [2.05, 4.69) is 10.2 Å². The molecule has 0 bridgehead atoms. The number of hydrogen-bond donors (Lipinski definition) is 1. The summed E-state index contributed by atoms with van der Waals surface area (Å²) in [6, 6.07) is 3.10. The third-order valence-electron chi connectivity index (χ3n) is 4.51. The molecule has 1 unspecified atom stereocenters. The van der Waals surface area contributed by atoms with Gasteiger partial charge in [0.1, 0.15) is 11.6 Å². The van der Waals surface area contributed by atoms with Crippen molar-refractivity contribution in [2.45, 2.75) is 31.7 Å². The number of carbonyl (C=O) groups excluding carboxylic acids is 1. The Morgan fingerprint density at radius 1 is 1.14 bits per heavy atom. The van der Waals surface area contributed by atoms with Crippen molar-refractivity contribution in [3.05, 3.63) is 29.8 Å². The second-order valence-electron chi connectivity index (χ2n) is 6.04. The first-order chi connectivity index (χ1) is 10.6. The number of carbonyl (C=O) groups is 1. The number of nitrogens with one attached hydrogen (secondary N) is 1. The van der Waals surface area contributed by atoms with Crippen molar-refractivity contribution in [3.8, 4) is 0 Å². The predicted octanol–water partition coefficient (Wildman–Crippen LogP) is 3.06. The summed E-state index contributed by atoms with van der Waals surface area (Å²) >= 11 is 0. The molecule has 1 aromatic carbocycles. The van der Waals surface area contributed by atoms with Crippen molar-refractivity contribution in [2.24, 2.45) is 0 Å². The number of piperidine rings is 1. The molecule has 2 amide bonds. The van der Waals surface area contributed by atoms with E-state index in [1.54, 1.807) is 4.90 Å². The lowest BCUT2D eigenvalue weighted by atomic mass is 10.0. The lowest BCUT2D eigenvalue weighted by Gasteiger charge is -2.37. The summed E-state index contributed by atoms with van der Waals surface area (Å²) in [5, 5.41) is 2.49. The van der Waals surface area contributed by atoms with Crippen LogP contribution in [0.5, 0.6) is 0 Å². The molecule has 3 rings (SSSR count). The Kier molecular flexibility index (Phi) is 4.57. The van der Waals surface area contributed by atoms with Crippen molar-refractivity contribution < 1.29 is 13.6 Å². The summed E-state index contributed by atoms with van der Waals surface area (Å²) < 4.78 is 26.8. The second-order valence-corrected chi connectivity index (χ2v) is 6.04. The van der Waals surface area contributed by atoms with Gasteiger partial charge in [-0.05, 0) is 50.9 Å². The monoisotopic (exact) mass is 309 g/mol. The summed E-state index contributed by atoms with van der Waals surface area (Å²) in [7, 11) is 0. The van der Waals surface area contributed by atoms with Crippen molar-refractivity contribution in [1.82, 2.24) is 9.80 Å². The molecule has 0 spiro atoms. The molecule has 0 saturated carbocycles. The van der Waals surface area contributed by atoms with Gasteiger partial charge in [0.05, 0.1) is 5.69 Å². The number of amides is 2. The van der Waals surface area contributed by atoms with Gasteiger partial charge in [-0.15, -0.1) is 0 Å². The molecular weight excluding hydrogens is 288 g/mol. The SMILES string of the molecule is O=C(Nc1cc(F)ccc1F)N1CCCC(N2CCCC2)C1. The Balaban J connectivity index is 1.62. The minimum Gasteiger partial charge on any atom is -0.323 e. The maximum absolute atomic E-state index is 13.6. The molecule has 6 heteroatoms. The smallest absolute Gasteiger partial charge is 0.321 e. The molecule has 2 fully saturated rings. The maximum atomic E-state index is 13.6. The number of nitrogens with zero attached hydrogens (tertiary/aromatic N) is 2. The van der Waals surface area contributed by atoms with Gasteiger partial charge in [0, 0.05) is 25.2 Å². The first kappa shape index (κ1) is 15.2. The Morgan fingerprint density at radius 3 is 2.68 bits per heavy atom. The third kappa shape index (κ3) is 3.38. The van der Waals surface area contributed by atoms with E-state index >= 15 is 0 Å². The minimum atomic E-state index is -0.622. The fourth-order valence-electron chi connectivity index (χ4n) is 3.33. The summed E-state index contributed by atoms with van der Waals surface area (Å²) in [5.41, 5.74) is -0.103. The van der Waals surface area contributed by atoms with E-state index in [0.29, 0.717) is 19.1 Å². The molecule has 2 heterocycles. The highest BCUT2D eigenvalue weighted by atomic mass is 19.1. The molecule has 1 aromatic rings. The summed E-state index contributed by atoms with van der Waals surface area (Å²) in [6.45, 7) is 3.51. The Hall–Kier alpha value is -1.69. The molecule has 0 aromatic heterocycles. The van der Waals surface area contributed by atoms with Gasteiger partial charge in [-0.2, -0.15) is 0 Å². The molecule has 0 radical (unpaired) electrons. The van der Waals surface area contributed by atoms with Gasteiger partial charge in [-0.3, -0.25) is 4.90 Å². The van der Waals surface area contributed by atoms with Crippen LogP contribution in [0.15, 0.2) is 18.2 Å². The quantitative estimate of drug-likeness (QED) is 0.911. The number of anilines is 1. The van der Waals surface area contributed by atoms with Gasteiger partial charge in [-0.1, -0.05) is 0 Å². The van der Waals surface area contributed by atoms with Crippen LogP contribution in [0.4, 0.5) is 19.3 Å². The average Bonchev–Trinajstić information content (AvgIpc) is 3.05. The maximum Gasteiger partial charge on any atom is 0.321 e. The van der Waals surface area contributed by atoms with Crippen molar-refractivity contribution in [1.29, 1.82) is 0 Å². The van der Waals surface area contributed by atoms with Crippen LogP contribution < -0.4 is 5.32 Å². The van der Waals surface area contributed by atoms with E-state index in [0.717, 1.165) is 44.1 Å². The second kappa shape index (κ2) is 6.60. The predicted molar refractivity (Wildman–Crippen MR) is 80.8 cm³/mol. The number of likely N-dealkylation sites (tertiary alicyclic amines) is 2. The van der Waals surface area contributed by atoms with E-state index in [9.17, 15) is 13.6 Å². The number of hydrogen-bond acceptors (Lipinski definition) is 2. The van der Waals surface area contributed by atoms with Gasteiger partial charge >= 0.3 is 6.03 Å². The molecule has 1 N–H and O–H groups in total. The standard InChI is InChI=1S/C16H21F2N3O/c17-12-5-6-14(18)15(10-12)19-16(22)21-9-3-4-13(11-21)20-7-1-2-8-20/h5-6,10,13H,1-4,7-9,11H2,(H,19,22). The van der Waals surface area contributed by atoms with Crippen LogP contribution in [0.3, 0.4) is 0 Å². The van der Waals surface area contributed by atoms with Gasteiger partial charge in [0.2, 0.25) is 0 Å². The van der Waals surface area contributed by atoms with Crippen LogP contribution in [0.25, 0.3) is 0 Å². The zero-order valence-corrected chi connectivity index (χ0v) is 12.5. The average molecular weight is 309 g/mol. The molecule has 120 valence electrons. The first-order valence-corrected chi connectivity index (χ1v) is 7.88. The van der Waals surface area contributed by atoms with E-state index in [1.807, 2.05) is 0 Å². The molecule has 0 aliphatic carbocycles. The Bertz CT molecular complexity index is 546. The number of halogens is 2. The molecule has 1 atom stereocenters. The lowest BCUT2D eigenvalue weighted by molar-refractivity contribution is 0.131. The zero-order chi connectivity index (χ0) is 15.5. The Morgan fingerprint density at radius 2 is 1.91 bits per heavy atom. The van der Waals surface area contributed by atoms with Crippen LogP contribution in [0.1, 0.15) is 25.7 Å². The van der Waals surface area contributed by atoms with Crippen LogP contribution >= 0.6 is 0 Å². The molecule has 2 aliphatic rings. The summed E-state index contributed by atoms with van der Waals surface area (Å²) in [4.78, 5) is 16.4. The van der Waals surface area contributed by atoms with Crippen LogP contribution in [-0.4, -0.2) is 48.1 Å². The lowest BCUT2D eigenvalue weighted by Crippen LogP contribution is -2.50. The van der Waals surface area contributed by atoms with Crippen molar-refractivity contribution in [3.63, 3.8) is 0 Å². The fourth-order valence-corrected chi connectivity index (χ4v) is 3.33. The highest BCUT2D eigenvalue weighted by molar-refractivity contribution is 5.89. The fraction of sp³-hybridized carbons (Fsp3) is 0.562. The summed E-state index contributed by atoms with van der Waals surface area (Å²) in [6.07, 6.45) is 4.48. The molecular formula is C16H21F2N3O. The zero-order valence-electron chi connectivity index (χ0n) is 12.5. The number of rotatable bonds is 2. The summed E-state index contributed by atoms with van der Waals surface area (Å²) in [5.74, 6) is -1.19. The molecule has 4 nitrogen and oxygen atoms in total. The molecule has 2 aliphatic heterocycles. The van der Waals surface area contributed by atoms with Gasteiger partial charge in [-0.25, -0.2) is 13.6 Å². The highest BCUT2D eigenvalue weighted by Gasteiger charge is 2.29. The van der Waals surface area contributed by atoms with Crippen molar-refractivity contribution >= 4 is 11.7 Å². The van der Waals surface area contributed by atoms with Crippen LogP contribution in [-0.2, 0) is 0 Å². The first-order valence-electron chi connectivity index (χ1n) is 7.88. The largest absolute Gasteiger partial charge is 0.323 e. The van der Waals surface area contributed by atoms with Crippen molar-refractivity contribution in [2.75, 3.05) is 31.5 Å². The van der Waals surface area contributed by atoms with Gasteiger partial charge < -0.3 is 10.2 Å². The van der Waals surface area contributed by atoms with Crippen LogP contribution in [0, 0.1) is 11.6 Å². The highest BCUT2D eigenvalue weighted by Crippen LogP contribution is 2.22. The molecule has 2 saturated heterocycles. The van der Waals surface area contributed by atoms with Gasteiger partial charge in [0.25, 0.3) is 0 Å². The molecule has 22 heavy (non-hydrogen) atoms. The van der Waals surface area contributed by atoms with E-state index in [1.165, 1.54) is 12.8 Å². The topological polar surface area (TPSA) is 35.6 Å². The van der Waals surface area contributed by atoms with E-state index in [-0.39, 0.29) is 11.7 Å². The Labute approximate surface area is 129 Å². The number of benzene rings is 1. The van der Waals surface area contributed by atoms with E-state index in [4.69, 9.17) is 0 Å². The minimum absolute atomic E-state index is 0.103. The van der Waals surface area contributed by atoms with Gasteiger partial charge in [0.15, 0.2) is 0 Å².